The molecule has 0 aromatic heterocycles. The van der Waals surface area contributed by atoms with E-state index in [0.29, 0.717) is 5.56 Å². The second kappa shape index (κ2) is 5.29. The molecule has 1 aromatic carbocycles. The molecule has 98 valence electrons. The van der Waals surface area contributed by atoms with Crippen LogP contribution < -0.4 is 15.5 Å². The molecular weight excluding hydrogens is 226 g/mol. The van der Waals surface area contributed by atoms with Crippen LogP contribution in [0, 0.1) is 0 Å². The molecule has 0 radical (unpaired) electrons. The molecule has 2 rings (SSSR count). The van der Waals surface area contributed by atoms with E-state index in [2.05, 4.69) is 4.90 Å². The summed E-state index contributed by atoms with van der Waals surface area (Å²) in [7, 11) is 3.99. The number of rotatable bonds is 3. The zero-order chi connectivity index (χ0) is 13.1. The number of nitrogens with zero attached hydrogens (tertiary/aromatic N) is 2. The van der Waals surface area contributed by atoms with Gasteiger partial charge in [-0.3, -0.25) is 4.79 Å². The van der Waals surface area contributed by atoms with Crippen molar-refractivity contribution in [3.05, 3.63) is 23.8 Å². The highest BCUT2D eigenvalue weighted by Gasteiger charge is 2.21. The van der Waals surface area contributed by atoms with Gasteiger partial charge >= 0.3 is 0 Å². The van der Waals surface area contributed by atoms with Gasteiger partial charge in [0.25, 0.3) is 5.91 Å². The van der Waals surface area contributed by atoms with Crippen molar-refractivity contribution in [3.8, 4) is 0 Å². The van der Waals surface area contributed by atoms with Crippen molar-refractivity contribution in [3.63, 3.8) is 0 Å². The van der Waals surface area contributed by atoms with E-state index in [1.807, 2.05) is 37.2 Å². The molecule has 0 unspecified atom stereocenters. The molecule has 1 amide bonds. The van der Waals surface area contributed by atoms with Gasteiger partial charge in [0.15, 0.2) is 0 Å². The lowest BCUT2D eigenvalue weighted by Crippen LogP contribution is -2.33. The van der Waals surface area contributed by atoms with E-state index < -0.39 is 0 Å². The van der Waals surface area contributed by atoms with E-state index in [-0.39, 0.29) is 5.91 Å². The number of carbonyl (C=O) groups excluding carboxylic acids is 1. The SMILES string of the molecule is CN(C)c1cccc(C(N)=O)c1N1CCCCC1. The quantitative estimate of drug-likeness (QED) is 0.886. The molecule has 0 spiro atoms. The number of para-hydroxylation sites is 1. The molecule has 0 atom stereocenters. The van der Waals surface area contributed by atoms with Crippen LogP contribution in [0.5, 0.6) is 0 Å². The van der Waals surface area contributed by atoms with Crippen LogP contribution in [0.15, 0.2) is 18.2 Å². The van der Waals surface area contributed by atoms with Gasteiger partial charge in [0.05, 0.1) is 16.9 Å². The smallest absolute Gasteiger partial charge is 0.250 e. The fraction of sp³-hybridized carbons (Fsp3) is 0.500. The molecule has 1 aliphatic rings. The minimum Gasteiger partial charge on any atom is -0.376 e. The van der Waals surface area contributed by atoms with Gasteiger partial charge in [0.1, 0.15) is 0 Å². The van der Waals surface area contributed by atoms with E-state index >= 15 is 0 Å². The van der Waals surface area contributed by atoms with Crippen LogP contribution in [0.3, 0.4) is 0 Å². The number of amides is 1. The predicted molar refractivity (Wildman–Crippen MR) is 75.4 cm³/mol. The van der Waals surface area contributed by atoms with Gasteiger partial charge < -0.3 is 15.5 Å². The highest BCUT2D eigenvalue weighted by molar-refractivity contribution is 6.02. The number of primary amides is 1. The Bertz CT molecular complexity index is 437. The molecule has 1 fully saturated rings. The molecule has 1 aromatic rings. The first-order valence-corrected chi connectivity index (χ1v) is 6.46. The molecule has 2 N–H and O–H groups in total. The standard InChI is InChI=1S/C14H21N3O/c1-16(2)12-8-6-7-11(14(15)18)13(12)17-9-4-3-5-10-17/h6-8H,3-5,9-10H2,1-2H3,(H2,15,18). The van der Waals surface area contributed by atoms with Gasteiger partial charge in [-0.25, -0.2) is 0 Å². The van der Waals surface area contributed by atoms with Crippen LogP contribution in [0.2, 0.25) is 0 Å². The minimum absolute atomic E-state index is 0.348. The maximum Gasteiger partial charge on any atom is 0.250 e. The second-order valence-corrected chi connectivity index (χ2v) is 4.98. The summed E-state index contributed by atoms with van der Waals surface area (Å²) in [5.41, 5.74) is 8.19. The first-order valence-electron chi connectivity index (χ1n) is 6.46. The molecule has 0 bridgehead atoms. The summed E-state index contributed by atoms with van der Waals surface area (Å²) in [4.78, 5) is 15.9. The summed E-state index contributed by atoms with van der Waals surface area (Å²) in [6, 6.07) is 5.75. The van der Waals surface area contributed by atoms with Crippen LogP contribution in [-0.2, 0) is 0 Å². The van der Waals surface area contributed by atoms with Crippen molar-refractivity contribution in [2.75, 3.05) is 37.0 Å². The van der Waals surface area contributed by atoms with Crippen molar-refractivity contribution in [1.82, 2.24) is 0 Å². The van der Waals surface area contributed by atoms with Crippen LogP contribution in [0.1, 0.15) is 29.6 Å². The summed E-state index contributed by atoms with van der Waals surface area (Å²) in [6.07, 6.45) is 3.63. The lowest BCUT2D eigenvalue weighted by Gasteiger charge is -2.33. The molecule has 1 saturated heterocycles. The van der Waals surface area contributed by atoms with E-state index in [1.54, 1.807) is 0 Å². The number of piperidine rings is 1. The van der Waals surface area contributed by atoms with Gasteiger partial charge in [-0.15, -0.1) is 0 Å². The van der Waals surface area contributed by atoms with Crippen molar-refractivity contribution in [2.45, 2.75) is 19.3 Å². The molecule has 1 heterocycles. The lowest BCUT2D eigenvalue weighted by molar-refractivity contribution is 0.100. The summed E-state index contributed by atoms with van der Waals surface area (Å²) in [6.45, 7) is 2.01. The van der Waals surface area contributed by atoms with Crippen LogP contribution >= 0.6 is 0 Å². The van der Waals surface area contributed by atoms with Crippen molar-refractivity contribution < 1.29 is 4.79 Å². The second-order valence-electron chi connectivity index (χ2n) is 4.98. The number of hydrogen-bond acceptors (Lipinski definition) is 3. The summed E-state index contributed by atoms with van der Waals surface area (Å²) in [5, 5.41) is 0. The van der Waals surface area contributed by atoms with Gasteiger partial charge in [0.2, 0.25) is 0 Å². The van der Waals surface area contributed by atoms with E-state index in [1.165, 1.54) is 19.3 Å². The maximum atomic E-state index is 11.6. The van der Waals surface area contributed by atoms with Gasteiger partial charge in [0, 0.05) is 27.2 Å². The summed E-state index contributed by atoms with van der Waals surface area (Å²) in [5.74, 6) is -0.348. The van der Waals surface area contributed by atoms with E-state index in [9.17, 15) is 4.79 Å². The summed E-state index contributed by atoms with van der Waals surface area (Å²) < 4.78 is 0. The lowest BCUT2D eigenvalue weighted by atomic mass is 10.0. The largest absolute Gasteiger partial charge is 0.376 e. The molecule has 0 aliphatic carbocycles. The number of nitrogens with two attached hydrogens (primary N) is 1. The fourth-order valence-corrected chi connectivity index (χ4v) is 2.54. The Labute approximate surface area is 108 Å². The molecular formula is C14H21N3O. The van der Waals surface area contributed by atoms with Crippen LogP contribution in [-0.4, -0.2) is 33.1 Å². The monoisotopic (exact) mass is 247 g/mol. The Balaban J connectivity index is 2.48. The molecule has 0 saturated carbocycles. The first kappa shape index (κ1) is 12.7. The van der Waals surface area contributed by atoms with Crippen molar-refractivity contribution in [2.24, 2.45) is 5.73 Å². The number of hydrogen-bond donors (Lipinski definition) is 1. The Hall–Kier alpha value is -1.71. The third kappa shape index (κ3) is 2.42. The van der Waals surface area contributed by atoms with Crippen molar-refractivity contribution in [1.29, 1.82) is 0 Å². The minimum atomic E-state index is -0.348. The fourth-order valence-electron chi connectivity index (χ4n) is 2.54. The van der Waals surface area contributed by atoms with Crippen LogP contribution in [0.25, 0.3) is 0 Å². The third-order valence-corrected chi connectivity index (χ3v) is 3.43. The normalized spacial score (nSPS) is 15.6. The first-order chi connectivity index (χ1) is 8.61. The summed E-state index contributed by atoms with van der Waals surface area (Å²) >= 11 is 0. The Morgan fingerprint density at radius 1 is 1.22 bits per heavy atom. The van der Waals surface area contributed by atoms with Gasteiger partial charge in [-0.05, 0) is 31.4 Å². The topological polar surface area (TPSA) is 49.6 Å². The number of benzene rings is 1. The average molecular weight is 247 g/mol. The Morgan fingerprint density at radius 2 is 1.89 bits per heavy atom. The molecule has 1 aliphatic heterocycles. The number of carbonyl (C=O) groups is 1. The Morgan fingerprint density at radius 3 is 2.44 bits per heavy atom. The Kier molecular flexibility index (Phi) is 3.75. The molecule has 18 heavy (non-hydrogen) atoms. The third-order valence-electron chi connectivity index (χ3n) is 3.43. The highest BCUT2D eigenvalue weighted by atomic mass is 16.1. The number of anilines is 2. The van der Waals surface area contributed by atoms with Gasteiger partial charge in [-0.2, -0.15) is 0 Å². The zero-order valence-corrected chi connectivity index (χ0v) is 11.1. The van der Waals surface area contributed by atoms with Gasteiger partial charge in [-0.1, -0.05) is 6.07 Å². The average Bonchev–Trinajstić information content (AvgIpc) is 2.38. The van der Waals surface area contributed by atoms with E-state index in [4.69, 9.17) is 5.73 Å². The molecule has 4 nitrogen and oxygen atoms in total. The van der Waals surface area contributed by atoms with Crippen LogP contribution in [0.4, 0.5) is 11.4 Å². The molecule has 4 heteroatoms. The maximum absolute atomic E-state index is 11.6. The van der Waals surface area contributed by atoms with E-state index in [0.717, 1.165) is 24.5 Å². The predicted octanol–water partition coefficient (Wildman–Crippen LogP) is 1.84. The highest BCUT2D eigenvalue weighted by Crippen LogP contribution is 2.33. The van der Waals surface area contributed by atoms with Crippen molar-refractivity contribution >= 4 is 17.3 Å². The zero-order valence-electron chi connectivity index (χ0n) is 11.1.